The minimum absolute atomic E-state index is 0.00935. The van der Waals surface area contributed by atoms with Crippen molar-refractivity contribution in [1.29, 1.82) is 0 Å². The Labute approximate surface area is 83.5 Å². The molecule has 0 aromatic heterocycles. The van der Waals surface area contributed by atoms with Crippen LogP contribution in [0, 0.1) is 5.82 Å². The van der Waals surface area contributed by atoms with Crippen LogP contribution in [-0.4, -0.2) is 14.5 Å². The van der Waals surface area contributed by atoms with Crippen molar-refractivity contribution in [2.75, 3.05) is 0 Å². The SMILES string of the molecule is CC(C)Oc1cc(F)ccc1[SH](=O)=O. The maximum absolute atomic E-state index is 12.8. The molecule has 0 aliphatic heterocycles. The van der Waals surface area contributed by atoms with Crippen LogP contribution >= 0.6 is 0 Å². The first-order valence-corrected chi connectivity index (χ1v) is 5.29. The van der Waals surface area contributed by atoms with Gasteiger partial charge in [0.25, 0.3) is 0 Å². The fraction of sp³-hybridized carbons (Fsp3) is 0.333. The average Bonchev–Trinajstić information content (AvgIpc) is 2.01. The van der Waals surface area contributed by atoms with Gasteiger partial charge in [0.15, 0.2) is 10.7 Å². The van der Waals surface area contributed by atoms with Gasteiger partial charge in [-0.05, 0) is 26.0 Å². The van der Waals surface area contributed by atoms with Gasteiger partial charge in [-0.15, -0.1) is 0 Å². The van der Waals surface area contributed by atoms with Gasteiger partial charge >= 0.3 is 0 Å². The van der Waals surface area contributed by atoms with Gasteiger partial charge in [-0.2, -0.15) is 0 Å². The van der Waals surface area contributed by atoms with Crippen LogP contribution in [0.3, 0.4) is 0 Å². The fourth-order valence-electron chi connectivity index (χ4n) is 0.987. The van der Waals surface area contributed by atoms with Crippen LogP contribution in [0.5, 0.6) is 5.75 Å². The number of thiol groups is 1. The van der Waals surface area contributed by atoms with Crippen molar-refractivity contribution in [2.24, 2.45) is 0 Å². The second-order valence-corrected chi connectivity index (χ2v) is 4.03. The van der Waals surface area contributed by atoms with Crippen LogP contribution in [0.1, 0.15) is 13.8 Å². The second-order valence-electron chi connectivity index (χ2n) is 3.04. The largest absolute Gasteiger partial charge is 0.490 e. The third-order valence-corrected chi connectivity index (χ3v) is 2.24. The van der Waals surface area contributed by atoms with Crippen molar-refractivity contribution in [1.82, 2.24) is 0 Å². The lowest BCUT2D eigenvalue weighted by Crippen LogP contribution is -2.07. The molecule has 0 aliphatic carbocycles. The summed E-state index contributed by atoms with van der Waals surface area (Å²) in [5.41, 5.74) is 0. The molecular formula is C9H11FO3S. The summed E-state index contributed by atoms with van der Waals surface area (Å²) < 4.78 is 39.4. The Balaban J connectivity index is 3.15. The van der Waals surface area contributed by atoms with Gasteiger partial charge in [-0.25, -0.2) is 12.8 Å². The van der Waals surface area contributed by atoms with Crippen LogP contribution in [0.25, 0.3) is 0 Å². The van der Waals surface area contributed by atoms with Crippen molar-refractivity contribution in [3.8, 4) is 5.75 Å². The first-order chi connectivity index (χ1) is 6.50. The van der Waals surface area contributed by atoms with E-state index in [1.54, 1.807) is 13.8 Å². The summed E-state index contributed by atoms with van der Waals surface area (Å²) in [6.45, 7) is 3.49. The molecule has 0 bridgehead atoms. The molecular weight excluding hydrogens is 207 g/mol. The number of hydrogen-bond acceptors (Lipinski definition) is 3. The van der Waals surface area contributed by atoms with E-state index < -0.39 is 16.5 Å². The summed E-state index contributed by atoms with van der Waals surface area (Å²) in [4.78, 5) is 0.00935. The average molecular weight is 218 g/mol. The Morgan fingerprint density at radius 1 is 1.36 bits per heavy atom. The molecule has 0 spiro atoms. The Kier molecular flexibility index (Phi) is 3.46. The summed E-state index contributed by atoms with van der Waals surface area (Å²) in [6, 6.07) is 3.35. The van der Waals surface area contributed by atoms with E-state index in [4.69, 9.17) is 4.74 Å². The van der Waals surface area contributed by atoms with Gasteiger partial charge < -0.3 is 4.74 Å². The standard InChI is InChI=1S/C9H11FO3S/c1-6(2)13-8-5-7(10)3-4-9(8)14(11)12/h3-6,14H,1-2H3. The monoisotopic (exact) mass is 218 g/mol. The van der Waals surface area contributed by atoms with Gasteiger partial charge in [0.05, 0.1) is 6.10 Å². The topological polar surface area (TPSA) is 43.4 Å². The van der Waals surface area contributed by atoms with E-state index in [1.165, 1.54) is 6.07 Å². The first kappa shape index (κ1) is 11.0. The van der Waals surface area contributed by atoms with E-state index in [2.05, 4.69) is 0 Å². The maximum atomic E-state index is 12.8. The number of hydrogen-bond donors (Lipinski definition) is 1. The zero-order chi connectivity index (χ0) is 10.7. The molecule has 0 radical (unpaired) electrons. The van der Waals surface area contributed by atoms with Crippen molar-refractivity contribution in [2.45, 2.75) is 24.8 Å². The molecule has 5 heteroatoms. The van der Waals surface area contributed by atoms with Crippen LogP contribution in [-0.2, 0) is 10.7 Å². The summed E-state index contributed by atoms with van der Waals surface area (Å²) in [5, 5.41) is 0. The maximum Gasteiger partial charge on any atom is 0.171 e. The van der Waals surface area contributed by atoms with Crippen molar-refractivity contribution in [3.05, 3.63) is 24.0 Å². The van der Waals surface area contributed by atoms with Crippen molar-refractivity contribution in [3.63, 3.8) is 0 Å². The third-order valence-electron chi connectivity index (χ3n) is 1.48. The summed E-state index contributed by atoms with van der Waals surface area (Å²) in [5.74, 6) is -0.447. The highest BCUT2D eigenvalue weighted by Gasteiger charge is 2.08. The quantitative estimate of drug-likeness (QED) is 0.783. The van der Waals surface area contributed by atoms with Crippen LogP contribution in [0.4, 0.5) is 4.39 Å². The van der Waals surface area contributed by atoms with E-state index >= 15 is 0 Å². The lowest BCUT2D eigenvalue weighted by molar-refractivity contribution is 0.235. The van der Waals surface area contributed by atoms with E-state index in [0.717, 1.165) is 12.1 Å². The molecule has 0 heterocycles. The number of ether oxygens (including phenoxy) is 1. The fourth-order valence-corrected chi connectivity index (χ4v) is 1.48. The number of rotatable bonds is 3. The second kappa shape index (κ2) is 4.41. The normalized spacial score (nSPS) is 10.9. The highest BCUT2D eigenvalue weighted by Crippen LogP contribution is 2.22. The van der Waals surface area contributed by atoms with E-state index in [1.807, 2.05) is 0 Å². The zero-order valence-electron chi connectivity index (χ0n) is 7.86. The predicted octanol–water partition coefficient (Wildman–Crippen LogP) is 1.58. The van der Waals surface area contributed by atoms with Gasteiger partial charge in [-0.1, -0.05) is 0 Å². The van der Waals surface area contributed by atoms with Crippen molar-refractivity contribution >= 4 is 10.7 Å². The Morgan fingerprint density at radius 2 is 2.00 bits per heavy atom. The first-order valence-electron chi connectivity index (χ1n) is 4.11. The third kappa shape index (κ3) is 2.70. The molecule has 1 aromatic carbocycles. The van der Waals surface area contributed by atoms with Crippen LogP contribution in [0.15, 0.2) is 23.1 Å². The van der Waals surface area contributed by atoms with Crippen LogP contribution in [0.2, 0.25) is 0 Å². The predicted molar refractivity (Wildman–Crippen MR) is 50.7 cm³/mol. The highest BCUT2D eigenvalue weighted by molar-refractivity contribution is 7.72. The van der Waals surface area contributed by atoms with E-state index in [9.17, 15) is 12.8 Å². The molecule has 3 nitrogen and oxygen atoms in total. The molecule has 0 aliphatic rings. The van der Waals surface area contributed by atoms with Gasteiger partial charge in [0.1, 0.15) is 16.5 Å². The van der Waals surface area contributed by atoms with Gasteiger partial charge in [-0.3, -0.25) is 0 Å². The Hall–Kier alpha value is -1.10. The Morgan fingerprint density at radius 3 is 2.50 bits per heavy atom. The molecule has 0 N–H and O–H groups in total. The molecule has 0 unspecified atom stereocenters. The molecule has 0 fully saturated rings. The lowest BCUT2D eigenvalue weighted by atomic mass is 10.3. The molecule has 0 saturated carbocycles. The van der Waals surface area contributed by atoms with Gasteiger partial charge in [0.2, 0.25) is 0 Å². The minimum atomic E-state index is -2.75. The van der Waals surface area contributed by atoms with E-state index in [0.29, 0.717) is 0 Å². The zero-order valence-corrected chi connectivity index (χ0v) is 8.75. The summed E-state index contributed by atoms with van der Waals surface area (Å²) >= 11 is 0. The smallest absolute Gasteiger partial charge is 0.171 e. The highest BCUT2D eigenvalue weighted by atomic mass is 32.2. The Bertz CT molecular complexity index is 391. The number of halogens is 1. The molecule has 0 amide bonds. The summed E-state index contributed by atoms with van der Waals surface area (Å²) in [6.07, 6.45) is -0.189. The molecule has 1 aromatic rings. The number of benzene rings is 1. The summed E-state index contributed by atoms with van der Waals surface area (Å²) in [7, 11) is -2.75. The van der Waals surface area contributed by atoms with Crippen molar-refractivity contribution < 1.29 is 17.5 Å². The molecule has 14 heavy (non-hydrogen) atoms. The lowest BCUT2D eigenvalue weighted by Gasteiger charge is -2.11. The van der Waals surface area contributed by atoms with E-state index in [-0.39, 0.29) is 16.7 Å². The molecule has 0 atom stereocenters. The van der Waals surface area contributed by atoms with Gasteiger partial charge in [0, 0.05) is 6.07 Å². The molecule has 78 valence electrons. The van der Waals surface area contributed by atoms with Crippen LogP contribution < -0.4 is 4.74 Å². The minimum Gasteiger partial charge on any atom is -0.490 e. The molecule has 0 saturated heterocycles. The molecule has 1 rings (SSSR count).